The highest BCUT2D eigenvalue weighted by Gasteiger charge is 2.24. The van der Waals surface area contributed by atoms with E-state index in [9.17, 15) is 19.2 Å². The van der Waals surface area contributed by atoms with E-state index >= 15 is 0 Å². The van der Waals surface area contributed by atoms with Gasteiger partial charge in [0.05, 0.1) is 66.6 Å². The number of rotatable bonds is 17. The largest absolute Gasteiger partial charge is 0.376 e. The minimum absolute atomic E-state index is 0.00722. The zero-order valence-electron chi connectivity index (χ0n) is 82.9. The van der Waals surface area contributed by atoms with Crippen LogP contribution in [0.3, 0.4) is 0 Å². The van der Waals surface area contributed by atoms with Crippen molar-refractivity contribution >= 4 is 23.6 Å². The van der Waals surface area contributed by atoms with Gasteiger partial charge in [0.2, 0.25) is 23.6 Å². The van der Waals surface area contributed by atoms with E-state index < -0.39 is 0 Å². The zero-order chi connectivity index (χ0) is 88.9. The molecule has 1 aromatic rings. The number of amides is 4. The van der Waals surface area contributed by atoms with Crippen LogP contribution in [0.15, 0.2) is 24.3 Å². The Bertz CT molecular complexity index is 2170. The highest BCUT2D eigenvalue weighted by atomic mass is 16.5. The molecule has 0 fully saturated rings. The van der Waals surface area contributed by atoms with Crippen LogP contribution in [0, 0.1) is 62.1 Å². The highest BCUT2D eigenvalue weighted by Crippen LogP contribution is 2.25. The SMILES string of the molecule is CC(C)(C)COC(C)(C)C.CC(C)(C)COC(C)(C)C.CC(C)(C)COC(C)(C)C.CC(C)(C)COC(C)(C)C.CC(C)(C)OCc1cccc(C(C)(C)C)c1.CC(C)CC(=O)NC(C)(C)C.CC(C)CNC(=O)C(C)(C)C.CC(C)CNC(=O)C(C)C.CC(C)COC(C)(C)C.CC(C)NC(=O)CC(C)(C)C. The molecular formula is C94H196N4O10. The molecule has 1 aromatic carbocycles. The van der Waals surface area contributed by atoms with E-state index in [0.717, 1.165) is 46.1 Å². The standard InChI is InChI=1S/C15H24O.3C9H19NO.4C9H20O.C8H17NO.C8H18O/c1-14(2,3)13-9-7-8-12(10-13)11-16-15(4,5)6;1-7(2)10-8(11)6-9(3,4)5;1-7(2)6-10-8(11)9(3,4)5;1-7(2)6-8(11)10-9(3,4)5;4*1-8(2,3)7-10-9(4,5)6;1-6(2)5-9-8(10)7(3)4;1-7(2)6-9-8(3,4)5/h7-10H,11H2,1-6H3;3*7H,6H2,1-5H3,(H,10,11);4*7H2,1-6H3;6-7H,5H2,1-4H3,(H,9,10);7H,6H2,1-5H3. The lowest BCUT2D eigenvalue weighted by atomic mass is 9.86. The minimum Gasteiger partial charge on any atom is -0.376 e. The number of carbonyl (C=O) groups is 4. The van der Waals surface area contributed by atoms with E-state index in [1.54, 1.807) is 0 Å². The van der Waals surface area contributed by atoms with Crippen molar-refractivity contribution in [2.75, 3.05) is 46.1 Å². The molecule has 0 aliphatic rings. The van der Waals surface area contributed by atoms with Crippen LogP contribution in [0.4, 0.5) is 0 Å². The van der Waals surface area contributed by atoms with Gasteiger partial charge < -0.3 is 49.7 Å². The van der Waals surface area contributed by atoms with Crippen LogP contribution in [-0.2, 0) is 59.6 Å². The van der Waals surface area contributed by atoms with E-state index in [0.29, 0.717) is 43.1 Å². The predicted molar refractivity (Wildman–Crippen MR) is 476 cm³/mol. The normalized spacial score (nSPS) is 12.7. The Morgan fingerprint density at radius 3 is 0.880 bits per heavy atom. The maximum absolute atomic E-state index is 11.3. The van der Waals surface area contributed by atoms with Gasteiger partial charge in [-0.2, -0.15) is 0 Å². The van der Waals surface area contributed by atoms with Crippen LogP contribution in [-0.4, -0.2) is 115 Å². The summed E-state index contributed by atoms with van der Waals surface area (Å²) in [6.07, 6.45) is 1.22. The lowest BCUT2D eigenvalue weighted by Gasteiger charge is -2.26. The van der Waals surface area contributed by atoms with Gasteiger partial charge in [0.15, 0.2) is 0 Å². The van der Waals surface area contributed by atoms with Gasteiger partial charge in [0, 0.05) is 55.5 Å². The summed E-state index contributed by atoms with van der Waals surface area (Å²) < 4.78 is 33.6. The lowest BCUT2D eigenvalue weighted by Crippen LogP contribution is -2.40. The van der Waals surface area contributed by atoms with Gasteiger partial charge >= 0.3 is 0 Å². The summed E-state index contributed by atoms with van der Waals surface area (Å²) in [7, 11) is 0. The molecule has 1 rings (SSSR count). The van der Waals surface area contributed by atoms with Gasteiger partial charge in [0.25, 0.3) is 0 Å². The van der Waals surface area contributed by atoms with Crippen molar-refractivity contribution in [3.8, 4) is 0 Å². The predicted octanol–water partition coefficient (Wildman–Crippen LogP) is 25.3. The number of hydrogen-bond acceptors (Lipinski definition) is 10. The first-order valence-corrected chi connectivity index (χ1v) is 41.0. The van der Waals surface area contributed by atoms with Crippen LogP contribution in [0.5, 0.6) is 0 Å². The smallest absolute Gasteiger partial charge is 0.225 e. The van der Waals surface area contributed by atoms with E-state index in [1.807, 2.05) is 83.1 Å². The Morgan fingerprint density at radius 2 is 0.676 bits per heavy atom. The molecule has 108 heavy (non-hydrogen) atoms. The van der Waals surface area contributed by atoms with Crippen LogP contribution < -0.4 is 21.3 Å². The molecule has 4 N–H and O–H groups in total. The molecule has 652 valence electrons. The second kappa shape index (κ2) is 55.4. The van der Waals surface area contributed by atoms with Crippen molar-refractivity contribution in [1.29, 1.82) is 0 Å². The summed E-state index contributed by atoms with van der Waals surface area (Å²) in [5.74, 6) is 2.84. The summed E-state index contributed by atoms with van der Waals surface area (Å²) in [6.45, 7) is 119. The molecular weight excluding hydrogens is 1350 g/mol. The molecule has 0 aliphatic carbocycles. The van der Waals surface area contributed by atoms with E-state index in [-0.39, 0.29) is 113 Å². The Balaban J connectivity index is -0.000000145. The highest BCUT2D eigenvalue weighted by molar-refractivity contribution is 5.81. The second-order valence-electron chi connectivity index (χ2n) is 46.5. The molecule has 0 saturated heterocycles. The first kappa shape index (κ1) is 123. The van der Waals surface area contributed by atoms with Gasteiger partial charge in [-0.05, 0) is 227 Å². The second-order valence-corrected chi connectivity index (χ2v) is 46.5. The molecule has 0 saturated carbocycles. The molecule has 0 atom stereocenters. The summed E-state index contributed by atoms with van der Waals surface area (Å²) in [6, 6.07) is 8.92. The number of nitrogens with one attached hydrogen (secondary N) is 4. The number of benzene rings is 1. The van der Waals surface area contributed by atoms with Crippen molar-refractivity contribution in [2.45, 2.75) is 444 Å². The molecule has 0 heterocycles. The van der Waals surface area contributed by atoms with Gasteiger partial charge in [0.1, 0.15) is 0 Å². The monoisotopic (exact) mass is 1540 g/mol. The molecule has 4 amide bonds. The Morgan fingerprint density at radius 1 is 0.361 bits per heavy atom. The zero-order valence-corrected chi connectivity index (χ0v) is 82.9. The van der Waals surface area contributed by atoms with E-state index in [1.165, 1.54) is 11.1 Å². The van der Waals surface area contributed by atoms with Crippen molar-refractivity contribution < 1.29 is 47.6 Å². The first-order chi connectivity index (χ1) is 46.9. The minimum atomic E-state index is -0.255. The van der Waals surface area contributed by atoms with Crippen molar-refractivity contribution in [2.24, 2.45) is 62.1 Å². The molecule has 0 unspecified atom stereocenters. The summed E-state index contributed by atoms with van der Waals surface area (Å²) in [5, 5.41) is 11.5. The lowest BCUT2D eigenvalue weighted by molar-refractivity contribution is -0.128. The van der Waals surface area contributed by atoms with Gasteiger partial charge in [-0.15, -0.1) is 0 Å². The van der Waals surface area contributed by atoms with Crippen LogP contribution in [0.1, 0.15) is 398 Å². The van der Waals surface area contributed by atoms with Crippen molar-refractivity contribution in [1.82, 2.24) is 21.3 Å². The van der Waals surface area contributed by atoms with Crippen LogP contribution in [0.2, 0.25) is 0 Å². The first-order valence-electron chi connectivity index (χ1n) is 41.0. The third-order valence-electron chi connectivity index (χ3n) is 11.9. The average molecular weight is 1540 g/mol. The molecule has 0 spiro atoms. The fourth-order valence-corrected chi connectivity index (χ4v) is 6.34. The quantitative estimate of drug-likeness (QED) is 0.118. The third-order valence-corrected chi connectivity index (χ3v) is 11.9. The van der Waals surface area contributed by atoms with Crippen molar-refractivity contribution in [3.05, 3.63) is 35.4 Å². The van der Waals surface area contributed by atoms with Crippen LogP contribution >= 0.6 is 0 Å². The average Bonchev–Trinajstić information content (AvgIpc) is 0.849. The molecule has 0 aromatic heterocycles. The molecule has 14 heteroatoms. The summed E-state index contributed by atoms with van der Waals surface area (Å²) >= 11 is 0. The van der Waals surface area contributed by atoms with E-state index in [4.69, 9.17) is 28.4 Å². The third kappa shape index (κ3) is 129. The fraction of sp³-hybridized carbons (Fsp3) is 0.894. The van der Waals surface area contributed by atoms with Gasteiger partial charge in [-0.1, -0.05) is 239 Å². The Labute approximate surface area is 676 Å². The number of carbonyl (C=O) groups excluding carboxylic acids is 4. The molecule has 14 nitrogen and oxygen atoms in total. The number of hydrogen-bond donors (Lipinski definition) is 4. The maximum Gasteiger partial charge on any atom is 0.225 e. The van der Waals surface area contributed by atoms with Gasteiger partial charge in [-0.3, -0.25) is 19.2 Å². The Kier molecular flexibility index (Phi) is 63.1. The van der Waals surface area contributed by atoms with Crippen LogP contribution in [0.25, 0.3) is 0 Å². The fourth-order valence-electron chi connectivity index (χ4n) is 6.34. The summed E-state index contributed by atoms with van der Waals surface area (Å²) in [4.78, 5) is 44.5. The Hall–Kier alpha value is -3.14. The van der Waals surface area contributed by atoms with Crippen molar-refractivity contribution in [3.63, 3.8) is 0 Å². The van der Waals surface area contributed by atoms with E-state index in [2.05, 4.69) is 336 Å². The molecule has 0 radical (unpaired) electrons. The van der Waals surface area contributed by atoms with Gasteiger partial charge in [-0.25, -0.2) is 0 Å². The maximum atomic E-state index is 11.3. The topological polar surface area (TPSA) is 172 Å². The molecule has 0 aliphatic heterocycles. The summed E-state index contributed by atoms with van der Waals surface area (Å²) in [5.41, 5.74) is 3.70. The number of ether oxygens (including phenoxy) is 6. The molecule has 0 bridgehead atoms.